The van der Waals surface area contributed by atoms with Gasteiger partial charge in [-0.25, -0.2) is 0 Å². The van der Waals surface area contributed by atoms with Crippen molar-refractivity contribution in [2.45, 2.75) is 69.4 Å². The van der Waals surface area contributed by atoms with Gasteiger partial charge < -0.3 is 19.3 Å². The van der Waals surface area contributed by atoms with Crippen LogP contribution in [0, 0.1) is 5.92 Å². The van der Waals surface area contributed by atoms with Gasteiger partial charge in [-0.3, -0.25) is 4.79 Å². The van der Waals surface area contributed by atoms with E-state index in [0.29, 0.717) is 18.1 Å². The van der Waals surface area contributed by atoms with E-state index in [1.165, 1.54) is 12.5 Å². The van der Waals surface area contributed by atoms with Crippen LogP contribution in [0.15, 0.2) is 24.3 Å². The molecule has 1 saturated carbocycles. The molecule has 0 bridgehead atoms. The van der Waals surface area contributed by atoms with Crippen molar-refractivity contribution < 1.29 is 24.1 Å². The number of aldehydes is 1. The summed E-state index contributed by atoms with van der Waals surface area (Å²) in [5, 5.41) is 11.1. The second-order valence-electron chi connectivity index (χ2n) is 8.19. The molecule has 1 saturated heterocycles. The third kappa shape index (κ3) is 4.69. The van der Waals surface area contributed by atoms with Crippen LogP contribution in [0.1, 0.15) is 55.6 Å². The average Bonchev–Trinajstić information content (AvgIpc) is 3.22. The number of unbranched alkanes of at least 4 members (excludes halogenated alkanes) is 1. The van der Waals surface area contributed by atoms with Gasteiger partial charge in [-0.05, 0) is 62.3 Å². The van der Waals surface area contributed by atoms with Crippen molar-refractivity contribution in [2.75, 3.05) is 13.2 Å². The highest BCUT2D eigenvalue weighted by molar-refractivity contribution is 6.30. The largest absolute Gasteiger partial charge is 0.489 e. The van der Waals surface area contributed by atoms with Crippen molar-refractivity contribution in [3.05, 3.63) is 40.4 Å². The van der Waals surface area contributed by atoms with E-state index in [2.05, 4.69) is 0 Å². The van der Waals surface area contributed by atoms with E-state index in [9.17, 15) is 9.90 Å². The Labute approximate surface area is 177 Å². The summed E-state index contributed by atoms with van der Waals surface area (Å²) < 4.78 is 17.7. The maximum absolute atomic E-state index is 10.7. The Balaban J connectivity index is 1.38. The van der Waals surface area contributed by atoms with Crippen LogP contribution < -0.4 is 4.74 Å². The van der Waals surface area contributed by atoms with Gasteiger partial charge in [0.1, 0.15) is 18.1 Å². The summed E-state index contributed by atoms with van der Waals surface area (Å²) in [6, 6.07) is 3.94. The molecule has 1 aliphatic carbocycles. The minimum atomic E-state index is -0.504. The van der Waals surface area contributed by atoms with Gasteiger partial charge in [-0.15, -0.1) is 0 Å². The van der Waals surface area contributed by atoms with E-state index in [4.69, 9.17) is 25.8 Å². The number of carbonyl (C=O) groups is 1. The summed E-state index contributed by atoms with van der Waals surface area (Å²) >= 11 is 6.42. The van der Waals surface area contributed by atoms with Crippen LogP contribution in [-0.2, 0) is 20.7 Å². The Bertz CT molecular complexity index is 743. The second-order valence-corrected chi connectivity index (χ2v) is 8.63. The van der Waals surface area contributed by atoms with E-state index >= 15 is 0 Å². The van der Waals surface area contributed by atoms with Crippen molar-refractivity contribution in [1.29, 1.82) is 0 Å². The molecule has 29 heavy (non-hydrogen) atoms. The van der Waals surface area contributed by atoms with Crippen LogP contribution in [0.5, 0.6) is 5.75 Å². The van der Waals surface area contributed by atoms with Gasteiger partial charge in [0.15, 0.2) is 6.29 Å². The quantitative estimate of drug-likeness (QED) is 0.388. The lowest BCUT2D eigenvalue weighted by Crippen LogP contribution is -2.22. The van der Waals surface area contributed by atoms with Gasteiger partial charge in [0.2, 0.25) is 0 Å². The molecule has 5 atom stereocenters. The van der Waals surface area contributed by atoms with Crippen molar-refractivity contribution in [3.8, 4) is 5.75 Å². The molecule has 3 aliphatic rings. The van der Waals surface area contributed by atoms with Gasteiger partial charge in [0.25, 0.3) is 0 Å². The lowest BCUT2D eigenvalue weighted by Gasteiger charge is -2.22. The molecule has 0 spiro atoms. The SMILES string of the molecule is O=CC=CC1C(O)C[C@H]2Oc3c(CCCCOC4CCCCO4)cc(Cl)cc3[C@@H]12. The number of carbonyl (C=O) groups excluding carboxylic acids is 1. The number of benzene rings is 1. The van der Waals surface area contributed by atoms with Crippen molar-refractivity contribution in [1.82, 2.24) is 0 Å². The molecule has 158 valence electrons. The summed E-state index contributed by atoms with van der Waals surface area (Å²) in [4.78, 5) is 10.7. The molecule has 0 amide bonds. The van der Waals surface area contributed by atoms with Gasteiger partial charge in [-0.1, -0.05) is 17.7 Å². The minimum absolute atomic E-state index is 0.0374. The van der Waals surface area contributed by atoms with Crippen molar-refractivity contribution >= 4 is 17.9 Å². The van der Waals surface area contributed by atoms with Crippen LogP contribution >= 0.6 is 11.6 Å². The topological polar surface area (TPSA) is 65.0 Å². The number of ether oxygens (including phenoxy) is 3. The number of rotatable bonds is 8. The van der Waals surface area contributed by atoms with E-state index in [1.807, 2.05) is 12.1 Å². The Morgan fingerprint density at radius 3 is 2.97 bits per heavy atom. The van der Waals surface area contributed by atoms with Crippen LogP contribution in [0.2, 0.25) is 5.02 Å². The number of halogens is 1. The van der Waals surface area contributed by atoms with Gasteiger partial charge in [0, 0.05) is 42.1 Å². The fraction of sp³-hybridized carbons (Fsp3) is 0.609. The molecule has 2 fully saturated rings. The first-order chi connectivity index (χ1) is 14.2. The Morgan fingerprint density at radius 2 is 2.17 bits per heavy atom. The first-order valence-corrected chi connectivity index (χ1v) is 11.1. The van der Waals surface area contributed by atoms with E-state index in [-0.39, 0.29) is 24.2 Å². The van der Waals surface area contributed by atoms with E-state index in [1.54, 1.807) is 6.08 Å². The highest BCUT2D eigenvalue weighted by Gasteiger charge is 2.49. The highest BCUT2D eigenvalue weighted by Crippen LogP contribution is 2.52. The second kappa shape index (κ2) is 9.61. The van der Waals surface area contributed by atoms with Gasteiger partial charge in [-0.2, -0.15) is 0 Å². The predicted octanol–water partition coefficient (Wildman–Crippen LogP) is 4.19. The molecule has 0 aromatic heterocycles. The lowest BCUT2D eigenvalue weighted by molar-refractivity contribution is -0.162. The van der Waals surface area contributed by atoms with Crippen LogP contribution in [0.25, 0.3) is 0 Å². The zero-order valence-corrected chi connectivity index (χ0v) is 17.4. The first kappa shape index (κ1) is 20.9. The zero-order chi connectivity index (χ0) is 20.2. The van der Waals surface area contributed by atoms with E-state index in [0.717, 1.165) is 61.9 Å². The van der Waals surface area contributed by atoms with Crippen molar-refractivity contribution in [3.63, 3.8) is 0 Å². The number of hydrogen-bond donors (Lipinski definition) is 1. The molecule has 4 rings (SSSR count). The smallest absolute Gasteiger partial charge is 0.157 e. The maximum atomic E-state index is 10.7. The molecule has 6 heteroatoms. The number of fused-ring (bicyclic) bond motifs is 3. The number of hydrogen-bond acceptors (Lipinski definition) is 5. The summed E-state index contributed by atoms with van der Waals surface area (Å²) in [5.41, 5.74) is 2.17. The Morgan fingerprint density at radius 1 is 1.28 bits per heavy atom. The summed E-state index contributed by atoms with van der Waals surface area (Å²) in [6.07, 6.45) is 10.1. The molecular formula is C23H29ClO5. The van der Waals surface area contributed by atoms with Gasteiger partial charge in [0.05, 0.1) is 6.10 Å². The summed E-state index contributed by atoms with van der Waals surface area (Å²) in [6.45, 7) is 1.50. The molecular weight excluding hydrogens is 392 g/mol. The fourth-order valence-corrected chi connectivity index (χ4v) is 5.11. The molecule has 0 radical (unpaired) electrons. The summed E-state index contributed by atoms with van der Waals surface area (Å²) in [5.74, 6) is 0.833. The number of aryl methyl sites for hydroxylation is 1. The van der Waals surface area contributed by atoms with Gasteiger partial charge >= 0.3 is 0 Å². The molecule has 3 unspecified atom stereocenters. The number of aliphatic hydroxyl groups excluding tert-OH is 1. The molecule has 1 aromatic carbocycles. The maximum Gasteiger partial charge on any atom is 0.157 e. The third-order valence-electron chi connectivity index (χ3n) is 6.22. The standard InChI is InChI=1S/C23H29ClO5/c24-16-12-15(6-1-3-10-27-21-8-2-4-11-28-21)23-18(13-16)22-17(7-5-9-25)19(26)14-20(22)29-23/h5,7,9,12-13,17,19-22,26H,1-4,6,8,10-11,14H2/t17?,19?,20-,21?,22-/m1/s1. The molecule has 1 aromatic rings. The summed E-state index contributed by atoms with van der Waals surface area (Å²) in [7, 11) is 0. The molecule has 5 nitrogen and oxygen atoms in total. The van der Waals surface area contributed by atoms with Crippen LogP contribution in [-0.4, -0.2) is 43.1 Å². The lowest BCUT2D eigenvalue weighted by atomic mass is 9.86. The number of aliphatic hydroxyl groups is 1. The average molecular weight is 421 g/mol. The Hall–Kier alpha value is -1.40. The molecule has 1 N–H and O–H groups in total. The van der Waals surface area contributed by atoms with E-state index < -0.39 is 6.10 Å². The molecule has 2 heterocycles. The fourth-order valence-electron chi connectivity index (χ4n) is 4.86. The van der Waals surface area contributed by atoms with Crippen molar-refractivity contribution in [2.24, 2.45) is 5.92 Å². The monoisotopic (exact) mass is 420 g/mol. The predicted molar refractivity (Wildman–Crippen MR) is 110 cm³/mol. The molecule has 2 aliphatic heterocycles. The minimum Gasteiger partial charge on any atom is -0.489 e. The first-order valence-electron chi connectivity index (χ1n) is 10.7. The normalized spacial score (nSPS) is 30.9. The highest BCUT2D eigenvalue weighted by atomic mass is 35.5. The number of allylic oxidation sites excluding steroid dienone is 1. The van der Waals surface area contributed by atoms with Crippen LogP contribution in [0.4, 0.5) is 0 Å². The zero-order valence-electron chi connectivity index (χ0n) is 16.6. The third-order valence-corrected chi connectivity index (χ3v) is 6.43. The van der Waals surface area contributed by atoms with Crippen LogP contribution in [0.3, 0.4) is 0 Å². The Kier molecular flexibility index (Phi) is 6.91.